The van der Waals surface area contributed by atoms with Crippen molar-refractivity contribution in [2.75, 3.05) is 6.54 Å². The first-order valence-electron chi connectivity index (χ1n) is 5.75. The molecule has 1 atom stereocenters. The molecule has 1 unspecified atom stereocenters. The lowest BCUT2D eigenvalue weighted by Gasteiger charge is -2.30. The maximum absolute atomic E-state index is 13.8. The van der Waals surface area contributed by atoms with Crippen LogP contribution in [0.15, 0.2) is 22.7 Å². The van der Waals surface area contributed by atoms with E-state index in [4.69, 9.17) is 5.84 Å². The van der Waals surface area contributed by atoms with Crippen molar-refractivity contribution in [1.82, 2.24) is 10.7 Å². The molecule has 1 rings (SSSR count). The van der Waals surface area contributed by atoms with Crippen molar-refractivity contribution < 1.29 is 9.50 Å². The lowest BCUT2D eigenvalue weighted by Crippen LogP contribution is -2.46. The molecule has 5 heteroatoms. The summed E-state index contributed by atoms with van der Waals surface area (Å²) < 4.78 is 13.8. The summed E-state index contributed by atoms with van der Waals surface area (Å²) in [5, 5.41) is 12.7. The van der Waals surface area contributed by atoms with E-state index in [0.29, 0.717) is 24.1 Å². The molecule has 0 saturated heterocycles. The average Bonchev–Trinajstić information content (AvgIpc) is 2.22. The summed E-state index contributed by atoms with van der Waals surface area (Å²) in [6.07, 6.45) is 0.536. The van der Waals surface area contributed by atoms with Crippen molar-refractivity contribution in [1.29, 1.82) is 0 Å². The van der Waals surface area contributed by atoms with E-state index < -0.39 is 5.60 Å². The monoisotopic (exact) mass is 243 g/mol. The number of nitrogens with two attached hydrogens (primary N) is 1. The number of hydrogen-bond acceptors (Lipinski definition) is 4. The predicted octanol–water partition coefficient (Wildman–Crippen LogP) is 1.10. The molecule has 0 spiro atoms. The second kappa shape index (κ2) is 5.16. The summed E-state index contributed by atoms with van der Waals surface area (Å²) in [5.41, 5.74) is 3.79. The van der Waals surface area contributed by atoms with Crippen molar-refractivity contribution >= 4 is 0 Å². The van der Waals surface area contributed by atoms with E-state index >= 15 is 0 Å². The van der Waals surface area contributed by atoms with Gasteiger partial charge in [-0.1, -0.05) is 0 Å². The van der Waals surface area contributed by atoms with Crippen LogP contribution in [0.3, 0.4) is 0 Å². The molecule has 4 nitrogen and oxygen atoms in total. The van der Waals surface area contributed by atoms with E-state index in [1.54, 1.807) is 27.7 Å². The van der Waals surface area contributed by atoms with Crippen LogP contribution in [0.25, 0.3) is 0 Å². The molecule has 0 saturated carbocycles. The van der Waals surface area contributed by atoms with Gasteiger partial charge in [-0.25, -0.2) is 4.39 Å². The quantitative estimate of drug-likeness (QED) is 0.441. The fourth-order valence-corrected chi connectivity index (χ4v) is 1.91. The highest BCUT2D eigenvalue weighted by Gasteiger charge is 2.26. The van der Waals surface area contributed by atoms with Gasteiger partial charge in [-0.15, -0.1) is 0 Å². The van der Waals surface area contributed by atoms with Crippen LogP contribution in [0.2, 0.25) is 0 Å². The minimum absolute atomic E-state index is 0.128. The Kier molecular flexibility index (Phi) is 4.30. The van der Waals surface area contributed by atoms with E-state index in [1.807, 2.05) is 0 Å². The Morgan fingerprint density at radius 3 is 2.53 bits per heavy atom. The summed E-state index contributed by atoms with van der Waals surface area (Å²) in [6.45, 7) is 7.22. The zero-order chi connectivity index (χ0) is 13.2. The van der Waals surface area contributed by atoms with Crippen molar-refractivity contribution in [3.63, 3.8) is 0 Å². The van der Waals surface area contributed by atoms with Crippen LogP contribution in [-0.2, 0) is 0 Å². The summed E-state index contributed by atoms with van der Waals surface area (Å²) in [7, 11) is 0. The smallest absolute Gasteiger partial charge is 0.126 e. The highest BCUT2D eigenvalue weighted by atomic mass is 19.1. The minimum Gasteiger partial charge on any atom is -0.389 e. The molecule has 17 heavy (non-hydrogen) atoms. The Hall–Kier alpha value is -0.910. The van der Waals surface area contributed by atoms with E-state index in [2.05, 4.69) is 10.7 Å². The molecule has 5 N–H and O–H groups in total. The number of hydrazine groups is 1. The van der Waals surface area contributed by atoms with Crippen LogP contribution in [0.5, 0.6) is 0 Å². The van der Waals surface area contributed by atoms with Gasteiger partial charge in [0.2, 0.25) is 0 Å². The summed E-state index contributed by atoms with van der Waals surface area (Å²) in [4.78, 5) is 0. The Morgan fingerprint density at radius 2 is 2.06 bits per heavy atom. The molecule has 1 aliphatic carbocycles. The molecule has 0 fully saturated rings. The number of halogens is 1. The maximum atomic E-state index is 13.8. The van der Waals surface area contributed by atoms with Gasteiger partial charge in [0.25, 0.3) is 0 Å². The third kappa shape index (κ3) is 3.52. The van der Waals surface area contributed by atoms with Crippen LogP contribution in [0, 0.1) is 0 Å². The Bertz CT molecular complexity index is 355. The Morgan fingerprint density at radius 1 is 1.47 bits per heavy atom. The van der Waals surface area contributed by atoms with Crippen molar-refractivity contribution in [2.24, 2.45) is 5.84 Å². The zero-order valence-electron chi connectivity index (χ0n) is 10.9. The fraction of sp³-hybridized carbons (Fsp3) is 0.667. The van der Waals surface area contributed by atoms with E-state index in [0.717, 1.165) is 5.70 Å². The Balaban J connectivity index is 2.91. The number of rotatable bonds is 4. The average molecular weight is 243 g/mol. The SMILES string of the molecule is CC1=C(F)C(C)=C(NCC(C)(C)O)C(NN)C1. The molecule has 0 bridgehead atoms. The number of hydrogen-bond donors (Lipinski definition) is 4. The first-order valence-corrected chi connectivity index (χ1v) is 5.75. The van der Waals surface area contributed by atoms with Crippen LogP contribution in [0.1, 0.15) is 34.1 Å². The molecule has 0 aromatic carbocycles. The van der Waals surface area contributed by atoms with Crippen molar-refractivity contribution in [2.45, 2.75) is 45.8 Å². The fourth-order valence-electron chi connectivity index (χ4n) is 1.91. The van der Waals surface area contributed by atoms with Gasteiger partial charge in [0.1, 0.15) is 5.83 Å². The van der Waals surface area contributed by atoms with Gasteiger partial charge >= 0.3 is 0 Å². The molecule has 0 radical (unpaired) electrons. The third-order valence-electron chi connectivity index (χ3n) is 2.88. The van der Waals surface area contributed by atoms with Crippen LogP contribution in [0.4, 0.5) is 4.39 Å². The van der Waals surface area contributed by atoms with Crippen molar-refractivity contribution in [3.8, 4) is 0 Å². The highest BCUT2D eigenvalue weighted by molar-refractivity contribution is 5.39. The lowest BCUT2D eigenvalue weighted by molar-refractivity contribution is 0.0818. The largest absolute Gasteiger partial charge is 0.389 e. The molecule has 0 aromatic rings. The van der Waals surface area contributed by atoms with Gasteiger partial charge < -0.3 is 10.4 Å². The molecule has 98 valence electrons. The zero-order valence-corrected chi connectivity index (χ0v) is 10.9. The van der Waals surface area contributed by atoms with Gasteiger partial charge in [-0.05, 0) is 39.7 Å². The normalized spacial score (nSPS) is 22.2. The van der Waals surface area contributed by atoms with Crippen molar-refractivity contribution in [3.05, 3.63) is 22.7 Å². The van der Waals surface area contributed by atoms with Gasteiger partial charge in [-0.3, -0.25) is 11.3 Å². The third-order valence-corrected chi connectivity index (χ3v) is 2.88. The van der Waals surface area contributed by atoms with Gasteiger partial charge in [0.05, 0.1) is 11.6 Å². The summed E-state index contributed by atoms with van der Waals surface area (Å²) in [6, 6.07) is -0.128. The number of aliphatic hydroxyl groups is 1. The molecular formula is C12H22FN3O. The molecular weight excluding hydrogens is 221 g/mol. The van der Waals surface area contributed by atoms with E-state index in [-0.39, 0.29) is 11.9 Å². The van der Waals surface area contributed by atoms with Gasteiger partial charge in [-0.2, -0.15) is 0 Å². The lowest BCUT2D eigenvalue weighted by atomic mass is 9.92. The van der Waals surface area contributed by atoms with Gasteiger partial charge in [0.15, 0.2) is 0 Å². The second-order valence-corrected chi connectivity index (χ2v) is 5.22. The first-order chi connectivity index (χ1) is 7.76. The molecule has 0 aliphatic heterocycles. The predicted molar refractivity (Wildman–Crippen MR) is 66.5 cm³/mol. The maximum Gasteiger partial charge on any atom is 0.126 e. The standard InChI is InChI=1S/C12H22FN3O/c1-7-5-9(16-14)11(8(2)10(7)13)15-6-12(3,4)17/h9,15-17H,5-6,14H2,1-4H3. The second-order valence-electron chi connectivity index (χ2n) is 5.22. The summed E-state index contributed by atoms with van der Waals surface area (Å²) in [5.74, 6) is 5.29. The number of nitrogens with one attached hydrogen (secondary N) is 2. The minimum atomic E-state index is -0.848. The Labute approximate surface area is 102 Å². The molecule has 0 amide bonds. The molecule has 1 aliphatic rings. The van der Waals surface area contributed by atoms with E-state index in [1.165, 1.54) is 0 Å². The topological polar surface area (TPSA) is 70.3 Å². The highest BCUT2D eigenvalue weighted by Crippen LogP contribution is 2.29. The first kappa shape index (κ1) is 14.2. The van der Waals surface area contributed by atoms with Crippen LogP contribution in [-0.4, -0.2) is 23.3 Å². The van der Waals surface area contributed by atoms with Crippen LogP contribution < -0.4 is 16.6 Å². The molecule has 0 aromatic heterocycles. The van der Waals surface area contributed by atoms with Gasteiger partial charge in [0, 0.05) is 17.8 Å². The molecule has 0 heterocycles. The number of allylic oxidation sites excluding steroid dienone is 2. The summed E-state index contributed by atoms with van der Waals surface area (Å²) >= 11 is 0. The van der Waals surface area contributed by atoms with Crippen LogP contribution >= 0.6 is 0 Å². The van der Waals surface area contributed by atoms with E-state index in [9.17, 15) is 9.50 Å².